The Morgan fingerprint density at radius 1 is 1.22 bits per heavy atom. The highest BCUT2D eigenvalue weighted by molar-refractivity contribution is 5.89. The minimum Gasteiger partial charge on any atom is -0.382 e. The van der Waals surface area contributed by atoms with Gasteiger partial charge < -0.3 is 10.6 Å². The Labute approximate surface area is 109 Å². The molecule has 0 radical (unpaired) electrons. The van der Waals surface area contributed by atoms with Gasteiger partial charge in [0.15, 0.2) is 0 Å². The molecule has 1 fully saturated rings. The first kappa shape index (κ1) is 12.9. The van der Waals surface area contributed by atoms with Crippen molar-refractivity contribution in [1.29, 1.82) is 0 Å². The van der Waals surface area contributed by atoms with E-state index in [1.54, 1.807) is 0 Å². The summed E-state index contributed by atoms with van der Waals surface area (Å²) in [6, 6.07) is 6.62. The van der Waals surface area contributed by atoms with Crippen LogP contribution in [0.15, 0.2) is 18.2 Å². The summed E-state index contributed by atoms with van der Waals surface area (Å²) < 4.78 is 0. The fourth-order valence-electron chi connectivity index (χ4n) is 2.53. The van der Waals surface area contributed by atoms with Crippen molar-refractivity contribution in [3.8, 4) is 0 Å². The van der Waals surface area contributed by atoms with Gasteiger partial charge in [-0.3, -0.25) is 4.79 Å². The molecule has 1 aromatic carbocycles. The standard InChI is InChI=1S/C15H22N2O/c1-11-8-9-14(16-12(2)18)10-15(11)17-13-6-4-3-5-7-13/h8-10,13,17H,3-7H2,1-2H3,(H,16,18). The molecule has 1 amide bonds. The number of rotatable bonds is 3. The highest BCUT2D eigenvalue weighted by atomic mass is 16.1. The molecule has 0 aliphatic heterocycles. The molecule has 18 heavy (non-hydrogen) atoms. The van der Waals surface area contributed by atoms with E-state index in [1.165, 1.54) is 44.6 Å². The molecule has 0 atom stereocenters. The fourth-order valence-corrected chi connectivity index (χ4v) is 2.53. The van der Waals surface area contributed by atoms with Gasteiger partial charge in [0, 0.05) is 24.3 Å². The van der Waals surface area contributed by atoms with Crippen LogP contribution < -0.4 is 10.6 Å². The van der Waals surface area contributed by atoms with Gasteiger partial charge in [-0.05, 0) is 37.5 Å². The van der Waals surface area contributed by atoms with Crippen molar-refractivity contribution in [2.24, 2.45) is 0 Å². The van der Waals surface area contributed by atoms with E-state index in [1.807, 2.05) is 12.1 Å². The molecule has 3 heteroatoms. The molecule has 1 aliphatic carbocycles. The lowest BCUT2D eigenvalue weighted by Crippen LogP contribution is -2.22. The minimum absolute atomic E-state index is 0.0255. The largest absolute Gasteiger partial charge is 0.382 e. The molecule has 2 N–H and O–H groups in total. The second-order valence-corrected chi connectivity index (χ2v) is 5.19. The zero-order valence-electron chi connectivity index (χ0n) is 11.3. The second-order valence-electron chi connectivity index (χ2n) is 5.19. The van der Waals surface area contributed by atoms with Crippen molar-refractivity contribution in [1.82, 2.24) is 0 Å². The molecule has 1 saturated carbocycles. The molecule has 1 aliphatic rings. The summed E-state index contributed by atoms with van der Waals surface area (Å²) >= 11 is 0. The predicted molar refractivity (Wildman–Crippen MR) is 76.0 cm³/mol. The first-order valence-electron chi connectivity index (χ1n) is 6.80. The van der Waals surface area contributed by atoms with Crippen molar-refractivity contribution in [2.45, 2.75) is 52.0 Å². The van der Waals surface area contributed by atoms with Crippen LogP contribution in [0.25, 0.3) is 0 Å². The van der Waals surface area contributed by atoms with E-state index in [2.05, 4.69) is 23.6 Å². The van der Waals surface area contributed by atoms with Gasteiger partial charge in [-0.25, -0.2) is 0 Å². The summed E-state index contributed by atoms with van der Waals surface area (Å²) in [6.45, 7) is 3.64. The maximum Gasteiger partial charge on any atom is 0.221 e. The van der Waals surface area contributed by atoms with Gasteiger partial charge >= 0.3 is 0 Å². The Morgan fingerprint density at radius 3 is 2.61 bits per heavy atom. The Balaban J connectivity index is 2.07. The van der Waals surface area contributed by atoms with Crippen LogP contribution in [-0.2, 0) is 4.79 Å². The van der Waals surface area contributed by atoms with Crippen LogP contribution in [0.1, 0.15) is 44.6 Å². The number of amides is 1. The number of aryl methyl sites for hydroxylation is 1. The summed E-state index contributed by atoms with van der Waals surface area (Å²) in [5, 5.41) is 6.44. The van der Waals surface area contributed by atoms with E-state index < -0.39 is 0 Å². The van der Waals surface area contributed by atoms with Crippen LogP contribution >= 0.6 is 0 Å². The topological polar surface area (TPSA) is 41.1 Å². The number of hydrogen-bond donors (Lipinski definition) is 2. The lowest BCUT2D eigenvalue weighted by atomic mass is 9.95. The fraction of sp³-hybridized carbons (Fsp3) is 0.533. The van der Waals surface area contributed by atoms with Crippen molar-refractivity contribution in [3.05, 3.63) is 23.8 Å². The van der Waals surface area contributed by atoms with Gasteiger partial charge in [0.25, 0.3) is 0 Å². The third-order valence-corrected chi connectivity index (χ3v) is 3.52. The third-order valence-electron chi connectivity index (χ3n) is 3.52. The van der Waals surface area contributed by atoms with E-state index >= 15 is 0 Å². The molecular formula is C15H22N2O. The number of nitrogens with one attached hydrogen (secondary N) is 2. The van der Waals surface area contributed by atoms with E-state index in [4.69, 9.17) is 0 Å². The average Bonchev–Trinajstić information content (AvgIpc) is 2.34. The number of carbonyl (C=O) groups is 1. The van der Waals surface area contributed by atoms with E-state index in [0.717, 1.165) is 11.4 Å². The van der Waals surface area contributed by atoms with Gasteiger partial charge in [-0.1, -0.05) is 25.3 Å². The van der Waals surface area contributed by atoms with Gasteiger partial charge in [0.05, 0.1) is 0 Å². The van der Waals surface area contributed by atoms with Gasteiger partial charge in [0.2, 0.25) is 5.91 Å². The molecule has 0 unspecified atom stereocenters. The molecular weight excluding hydrogens is 224 g/mol. The normalized spacial score (nSPS) is 16.3. The first-order chi connectivity index (χ1) is 8.65. The Hall–Kier alpha value is -1.51. The van der Waals surface area contributed by atoms with E-state index in [-0.39, 0.29) is 5.91 Å². The molecule has 1 aromatic rings. The molecule has 3 nitrogen and oxygen atoms in total. The van der Waals surface area contributed by atoms with Crippen LogP contribution in [0.5, 0.6) is 0 Å². The Bertz CT molecular complexity index is 423. The molecule has 0 aromatic heterocycles. The van der Waals surface area contributed by atoms with Gasteiger partial charge in [-0.15, -0.1) is 0 Å². The van der Waals surface area contributed by atoms with Crippen molar-refractivity contribution >= 4 is 17.3 Å². The van der Waals surface area contributed by atoms with Crippen molar-refractivity contribution < 1.29 is 4.79 Å². The van der Waals surface area contributed by atoms with Crippen LogP contribution in [0.4, 0.5) is 11.4 Å². The van der Waals surface area contributed by atoms with Crippen LogP contribution in [0, 0.1) is 6.92 Å². The smallest absolute Gasteiger partial charge is 0.221 e. The monoisotopic (exact) mass is 246 g/mol. The van der Waals surface area contributed by atoms with E-state index in [0.29, 0.717) is 6.04 Å². The number of hydrogen-bond acceptors (Lipinski definition) is 2. The number of benzene rings is 1. The van der Waals surface area contributed by atoms with Crippen molar-refractivity contribution in [2.75, 3.05) is 10.6 Å². The average molecular weight is 246 g/mol. The van der Waals surface area contributed by atoms with Gasteiger partial charge in [0.1, 0.15) is 0 Å². The molecule has 98 valence electrons. The van der Waals surface area contributed by atoms with Crippen LogP contribution in [0.2, 0.25) is 0 Å². The SMILES string of the molecule is CC(=O)Nc1ccc(C)c(NC2CCCCC2)c1. The lowest BCUT2D eigenvalue weighted by molar-refractivity contribution is -0.114. The zero-order chi connectivity index (χ0) is 13.0. The Morgan fingerprint density at radius 2 is 1.94 bits per heavy atom. The maximum absolute atomic E-state index is 11.1. The van der Waals surface area contributed by atoms with E-state index in [9.17, 15) is 4.79 Å². The van der Waals surface area contributed by atoms with Crippen LogP contribution in [0.3, 0.4) is 0 Å². The lowest BCUT2D eigenvalue weighted by Gasteiger charge is -2.25. The first-order valence-corrected chi connectivity index (χ1v) is 6.80. The van der Waals surface area contributed by atoms with Crippen LogP contribution in [-0.4, -0.2) is 11.9 Å². The number of carbonyl (C=O) groups excluding carboxylic acids is 1. The summed E-state index contributed by atoms with van der Waals surface area (Å²) in [4.78, 5) is 11.1. The molecule has 0 saturated heterocycles. The summed E-state index contributed by atoms with van der Waals surface area (Å²) in [5.74, 6) is -0.0255. The maximum atomic E-state index is 11.1. The summed E-state index contributed by atoms with van der Waals surface area (Å²) in [7, 11) is 0. The second kappa shape index (κ2) is 5.89. The highest BCUT2D eigenvalue weighted by Crippen LogP contribution is 2.25. The molecule has 2 rings (SSSR count). The predicted octanol–water partition coefficient (Wildman–Crippen LogP) is 3.70. The van der Waals surface area contributed by atoms with Gasteiger partial charge in [-0.2, -0.15) is 0 Å². The zero-order valence-corrected chi connectivity index (χ0v) is 11.3. The minimum atomic E-state index is -0.0255. The third kappa shape index (κ3) is 3.49. The molecule has 0 spiro atoms. The van der Waals surface area contributed by atoms with Crippen molar-refractivity contribution in [3.63, 3.8) is 0 Å². The quantitative estimate of drug-likeness (QED) is 0.853. The highest BCUT2D eigenvalue weighted by Gasteiger charge is 2.14. The summed E-state index contributed by atoms with van der Waals surface area (Å²) in [5.41, 5.74) is 3.24. The Kier molecular flexibility index (Phi) is 4.24. The summed E-state index contributed by atoms with van der Waals surface area (Å²) in [6.07, 6.45) is 6.51. The number of anilines is 2. The molecule has 0 bridgehead atoms. The molecule has 0 heterocycles.